The molecule has 1 heterocycles. The van der Waals surface area contributed by atoms with Gasteiger partial charge in [-0.15, -0.1) is 0 Å². The highest BCUT2D eigenvalue weighted by molar-refractivity contribution is 6.13. The van der Waals surface area contributed by atoms with Crippen molar-refractivity contribution in [2.75, 3.05) is 32.1 Å². The number of fused-ring (bicyclic) bond motifs is 1. The van der Waals surface area contributed by atoms with E-state index in [1.165, 1.54) is 19.2 Å². The van der Waals surface area contributed by atoms with Gasteiger partial charge in [-0.3, -0.25) is 4.79 Å². The van der Waals surface area contributed by atoms with Gasteiger partial charge >= 0.3 is 5.97 Å². The predicted octanol–water partition coefficient (Wildman–Crippen LogP) is 5.90. The minimum absolute atomic E-state index is 0.312. The Morgan fingerprint density at radius 1 is 1.00 bits per heavy atom. The summed E-state index contributed by atoms with van der Waals surface area (Å²) in [7, 11) is 2.90. The summed E-state index contributed by atoms with van der Waals surface area (Å²) in [5.41, 5.74) is 4.50. The van der Waals surface area contributed by atoms with E-state index < -0.39 is 5.97 Å². The van der Waals surface area contributed by atoms with Crippen LogP contribution in [-0.4, -0.2) is 39.1 Å². The predicted molar refractivity (Wildman–Crippen MR) is 135 cm³/mol. The molecule has 180 valence electrons. The minimum atomic E-state index is -0.426. The number of carbonyl (C=O) groups is 2. The number of methoxy groups -OCH3 is 1. The molecular weight excluding hydrogens is 447 g/mol. The topological polar surface area (TPSA) is 71.8 Å². The van der Waals surface area contributed by atoms with Crippen molar-refractivity contribution >= 4 is 28.5 Å². The maximum absolute atomic E-state index is 13.6. The highest BCUT2D eigenvalue weighted by Gasteiger charge is 2.24. The SMILES string of the molecule is CCN(CC)c1cc2oc(-c3ccc(F)cc3)c(C(=O)NC)c2cc1-c1cccc(C(=O)OC)c1. The van der Waals surface area contributed by atoms with Crippen molar-refractivity contribution in [2.24, 2.45) is 0 Å². The van der Waals surface area contributed by atoms with Gasteiger partial charge in [0, 0.05) is 48.4 Å². The zero-order valence-corrected chi connectivity index (χ0v) is 20.1. The van der Waals surface area contributed by atoms with E-state index in [0.717, 1.165) is 29.9 Å². The highest BCUT2D eigenvalue weighted by atomic mass is 19.1. The van der Waals surface area contributed by atoms with Gasteiger partial charge in [0.05, 0.1) is 18.2 Å². The van der Waals surface area contributed by atoms with Crippen molar-refractivity contribution in [3.8, 4) is 22.5 Å². The van der Waals surface area contributed by atoms with Gasteiger partial charge in [0.2, 0.25) is 0 Å². The van der Waals surface area contributed by atoms with Crippen molar-refractivity contribution < 1.29 is 23.1 Å². The second-order valence-corrected chi connectivity index (χ2v) is 8.00. The molecule has 1 amide bonds. The van der Waals surface area contributed by atoms with Crippen LogP contribution in [0.25, 0.3) is 33.4 Å². The Hall–Kier alpha value is -4.13. The number of benzene rings is 3. The third-order valence-corrected chi connectivity index (χ3v) is 6.07. The van der Waals surface area contributed by atoms with Crippen LogP contribution in [-0.2, 0) is 4.74 Å². The fourth-order valence-electron chi connectivity index (χ4n) is 4.28. The summed E-state index contributed by atoms with van der Waals surface area (Å²) in [6, 6.07) is 16.9. The van der Waals surface area contributed by atoms with Gasteiger partial charge < -0.3 is 19.4 Å². The van der Waals surface area contributed by atoms with Gasteiger partial charge in [0.1, 0.15) is 17.2 Å². The maximum Gasteiger partial charge on any atom is 0.337 e. The number of halogens is 1. The third kappa shape index (κ3) is 4.49. The first-order valence-corrected chi connectivity index (χ1v) is 11.4. The first-order valence-electron chi connectivity index (χ1n) is 11.4. The van der Waals surface area contributed by atoms with E-state index in [-0.39, 0.29) is 11.7 Å². The second kappa shape index (κ2) is 10.0. The lowest BCUT2D eigenvalue weighted by atomic mass is 9.96. The lowest BCUT2D eigenvalue weighted by Crippen LogP contribution is -2.22. The van der Waals surface area contributed by atoms with Gasteiger partial charge in [0.25, 0.3) is 5.91 Å². The average Bonchev–Trinajstić information content (AvgIpc) is 3.27. The molecule has 0 aliphatic carbocycles. The van der Waals surface area contributed by atoms with Crippen LogP contribution in [0.2, 0.25) is 0 Å². The zero-order chi connectivity index (χ0) is 25.1. The normalized spacial score (nSPS) is 10.9. The fraction of sp³-hybridized carbons (Fsp3) is 0.214. The summed E-state index contributed by atoms with van der Waals surface area (Å²) in [5.74, 6) is -0.744. The monoisotopic (exact) mass is 474 g/mol. The number of furan rings is 1. The van der Waals surface area contributed by atoms with Crippen molar-refractivity contribution in [1.82, 2.24) is 5.32 Å². The Balaban J connectivity index is 2.03. The van der Waals surface area contributed by atoms with Crippen LogP contribution in [0.4, 0.5) is 10.1 Å². The molecule has 0 saturated carbocycles. The number of nitrogens with zero attached hydrogens (tertiary/aromatic N) is 1. The van der Waals surface area contributed by atoms with Crippen molar-refractivity contribution in [3.05, 3.63) is 77.6 Å². The van der Waals surface area contributed by atoms with Crippen LogP contribution in [0.15, 0.2) is 65.1 Å². The van der Waals surface area contributed by atoms with Crippen molar-refractivity contribution in [1.29, 1.82) is 0 Å². The summed E-state index contributed by atoms with van der Waals surface area (Å²) < 4.78 is 24.7. The van der Waals surface area contributed by atoms with Crippen molar-refractivity contribution in [3.63, 3.8) is 0 Å². The number of hydrogen-bond acceptors (Lipinski definition) is 5. The van der Waals surface area contributed by atoms with Crippen molar-refractivity contribution in [2.45, 2.75) is 13.8 Å². The Labute approximate surface area is 203 Å². The number of amides is 1. The summed E-state index contributed by atoms with van der Waals surface area (Å²) >= 11 is 0. The molecule has 0 radical (unpaired) electrons. The van der Waals surface area contributed by atoms with E-state index >= 15 is 0 Å². The van der Waals surface area contributed by atoms with E-state index in [2.05, 4.69) is 24.1 Å². The Kier molecular flexibility index (Phi) is 6.87. The number of carbonyl (C=O) groups excluding carboxylic acids is 2. The molecule has 35 heavy (non-hydrogen) atoms. The quantitative estimate of drug-likeness (QED) is 0.338. The molecular formula is C28H27FN2O4. The Morgan fingerprint density at radius 3 is 2.34 bits per heavy atom. The summed E-state index contributed by atoms with van der Waals surface area (Å²) in [6.45, 7) is 5.62. The lowest BCUT2D eigenvalue weighted by molar-refractivity contribution is 0.0600. The third-order valence-electron chi connectivity index (χ3n) is 6.07. The number of ether oxygens (including phenoxy) is 1. The lowest BCUT2D eigenvalue weighted by Gasteiger charge is -2.24. The Morgan fingerprint density at radius 2 is 1.71 bits per heavy atom. The van der Waals surface area contributed by atoms with E-state index in [9.17, 15) is 14.0 Å². The highest BCUT2D eigenvalue weighted by Crippen LogP contribution is 2.41. The summed E-state index contributed by atoms with van der Waals surface area (Å²) in [6.07, 6.45) is 0. The van der Waals surface area contributed by atoms with E-state index in [1.807, 2.05) is 18.2 Å². The maximum atomic E-state index is 13.6. The van der Waals surface area contributed by atoms with Gasteiger partial charge in [-0.05, 0) is 61.9 Å². The number of nitrogens with one attached hydrogen (secondary N) is 1. The van der Waals surface area contributed by atoms with Gasteiger partial charge in [-0.2, -0.15) is 0 Å². The first kappa shape index (κ1) is 24.0. The molecule has 0 unspecified atom stereocenters. The van der Waals surface area contributed by atoms with Crippen LogP contribution < -0.4 is 10.2 Å². The molecule has 7 heteroatoms. The molecule has 0 spiro atoms. The molecule has 3 aromatic carbocycles. The van der Waals surface area contributed by atoms with Crippen LogP contribution in [0, 0.1) is 5.82 Å². The van der Waals surface area contributed by atoms with E-state index in [0.29, 0.717) is 33.4 Å². The van der Waals surface area contributed by atoms with Crippen LogP contribution in [0.5, 0.6) is 0 Å². The Bertz CT molecular complexity index is 1390. The summed E-state index contributed by atoms with van der Waals surface area (Å²) in [4.78, 5) is 27.4. The zero-order valence-electron chi connectivity index (χ0n) is 20.1. The first-order chi connectivity index (χ1) is 16.9. The van der Waals surface area contributed by atoms with E-state index in [4.69, 9.17) is 9.15 Å². The van der Waals surface area contributed by atoms with Crippen LogP contribution in [0.3, 0.4) is 0 Å². The number of esters is 1. The van der Waals surface area contributed by atoms with Crippen LogP contribution >= 0.6 is 0 Å². The number of rotatable bonds is 7. The standard InChI is InChI=1S/C28H27FN2O4/c1-5-31(6-2)23-16-24-22(15-21(23)18-8-7-9-19(14-18)28(33)34-4)25(27(32)30-3)26(35-24)17-10-12-20(29)13-11-17/h7-16H,5-6H2,1-4H3,(H,30,32). The fourth-order valence-corrected chi connectivity index (χ4v) is 4.28. The molecule has 0 fully saturated rings. The minimum Gasteiger partial charge on any atom is -0.465 e. The summed E-state index contributed by atoms with van der Waals surface area (Å²) in [5, 5.41) is 3.31. The second-order valence-electron chi connectivity index (χ2n) is 8.00. The molecule has 4 rings (SSSR count). The molecule has 0 aliphatic rings. The molecule has 6 nitrogen and oxygen atoms in total. The molecule has 1 aromatic heterocycles. The van der Waals surface area contributed by atoms with Gasteiger partial charge in [0.15, 0.2) is 0 Å². The molecule has 0 saturated heterocycles. The largest absolute Gasteiger partial charge is 0.465 e. The molecule has 0 aliphatic heterocycles. The number of hydrogen-bond donors (Lipinski definition) is 1. The smallest absolute Gasteiger partial charge is 0.337 e. The van der Waals surface area contributed by atoms with Gasteiger partial charge in [-0.1, -0.05) is 12.1 Å². The van der Waals surface area contributed by atoms with Gasteiger partial charge in [-0.25, -0.2) is 9.18 Å². The number of anilines is 1. The molecule has 0 bridgehead atoms. The average molecular weight is 475 g/mol. The van der Waals surface area contributed by atoms with Crippen LogP contribution in [0.1, 0.15) is 34.6 Å². The molecule has 1 N–H and O–H groups in total. The van der Waals surface area contributed by atoms with E-state index in [1.54, 1.807) is 37.4 Å². The molecule has 0 atom stereocenters. The molecule has 4 aromatic rings.